The number of carbonyl (C=O) groups excluding carboxylic acids is 1. The van der Waals surface area contributed by atoms with Crippen molar-refractivity contribution in [3.63, 3.8) is 0 Å². The average Bonchev–Trinajstić information content (AvgIpc) is 3.34. The van der Waals surface area contributed by atoms with Gasteiger partial charge >= 0.3 is 0 Å². The molecule has 1 amide bonds. The summed E-state index contributed by atoms with van der Waals surface area (Å²) in [6, 6.07) is 9.17. The molecule has 166 valence electrons. The number of pyridine rings is 2. The van der Waals surface area contributed by atoms with E-state index in [0.29, 0.717) is 37.6 Å². The van der Waals surface area contributed by atoms with Crippen LogP contribution in [-0.2, 0) is 10.0 Å². The van der Waals surface area contributed by atoms with Crippen molar-refractivity contribution in [1.82, 2.24) is 19.6 Å². The van der Waals surface area contributed by atoms with Gasteiger partial charge in [-0.3, -0.25) is 4.79 Å². The van der Waals surface area contributed by atoms with Gasteiger partial charge in [-0.15, -0.1) is 0 Å². The Morgan fingerprint density at radius 3 is 2.35 bits per heavy atom. The minimum absolute atomic E-state index is 0.0654. The Morgan fingerprint density at radius 1 is 0.903 bits per heavy atom. The van der Waals surface area contributed by atoms with E-state index in [9.17, 15) is 13.2 Å². The van der Waals surface area contributed by atoms with Gasteiger partial charge in [-0.25, -0.2) is 18.4 Å². The molecule has 0 radical (unpaired) electrons. The number of rotatable bonds is 7. The topological polar surface area (TPSA) is 98.7 Å². The van der Waals surface area contributed by atoms with E-state index in [2.05, 4.69) is 25.1 Å². The monoisotopic (exact) mass is 444 g/mol. The fourth-order valence-corrected chi connectivity index (χ4v) is 5.35. The van der Waals surface area contributed by atoms with Crippen molar-refractivity contribution in [2.24, 2.45) is 0 Å². The number of anilines is 2. The molecular formula is C21H28N6O3S. The summed E-state index contributed by atoms with van der Waals surface area (Å²) in [4.78, 5) is 25.6. The summed E-state index contributed by atoms with van der Waals surface area (Å²) in [5, 5.41) is 2.76. The predicted octanol–water partition coefficient (Wildman–Crippen LogP) is 0.959. The lowest BCUT2D eigenvalue weighted by molar-refractivity contribution is 0.0956. The van der Waals surface area contributed by atoms with E-state index in [-0.39, 0.29) is 18.2 Å². The van der Waals surface area contributed by atoms with Crippen LogP contribution < -0.4 is 15.1 Å². The molecule has 2 aromatic rings. The number of nitrogens with zero attached hydrogens (tertiary/aromatic N) is 5. The highest BCUT2D eigenvalue weighted by Gasteiger charge is 2.27. The van der Waals surface area contributed by atoms with Crippen LogP contribution in [0, 0.1) is 0 Å². The highest BCUT2D eigenvalue weighted by molar-refractivity contribution is 7.89. The Morgan fingerprint density at radius 2 is 1.65 bits per heavy atom. The number of piperazine rings is 1. The molecule has 2 aliphatic heterocycles. The molecule has 1 N–H and O–H groups in total. The standard InChI is InChI=1S/C21H28N6O3S/c28-21(18-6-5-9-23-20(18)26-11-3-4-12-26)24-10-17-31(29,30)27-15-13-25(14-16-27)19-7-1-2-8-22-19/h1-2,5-9H,3-4,10-17H2,(H,24,28). The van der Waals surface area contributed by atoms with Gasteiger partial charge in [-0.1, -0.05) is 6.07 Å². The van der Waals surface area contributed by atoms with Crippen molar-refractivity contribution >= 4 is 27.6 Å². The fourth-order valence-electron chi connectivity index (χ4n) is 4.01. The smallest absolute Gasteiger partial charge is 0.255 e. The van der Waals surface area contributed by atoms with Crippen LogP contribution in [0.25, 0.3) is 0 Å². The van der Waals surface area contributed by atoms with Crippen LogP contribution in [0.1, 0.15) is 23.2 Å². The summed E-state index contributed by atoms with van der Waals surface area (Å²) in [5.74, 6) is 1.12. The van der Waals surface area contributed by atoms with Crippen LogP contribution in [-0.4, -0.2) is 80.2 Å². The quantitative estimate of drug-likeness (QED) is 0.679. The largest absolute Gasteiger partial charge is 0.356 e. The first kappa shape index (κ1) is 21.5. The van der Waals surface area contributed by atoms with E-state index in [0.717, 1.165) is 31.7 Å². The molecule has 0 bridgehead atoms. The lowest BCUT2D eigenvalue weighted by atomic mass is 10.2. The third kappa shape index (κ3) is 5.13. The van der Waals surface area contributed by atoms with Crippen LogP contribution in [0.3, 0.4) is 0 Å². The third-order valence-corrected chi connectivity index (χ3v) is 7.56. The molecule has 2 saturated heterocycles. The first-order valence-corrected chi connectivity index (χ1v) is 12.3. The minimum Gasteiger partial charge on any atom is -0.356 e. The van der Waals surface area contributed by atoms with Crippen molar-refractivity contribution in [3.8, 4) is 0 Å². The number of hydrogen-bond acceptors (Lipinski definition) is 7. The van der Waals surface area contributed by atoms with E-state index in [1.165, 1.54) is 4.31 Å². The van der Waals surface area contributed by atoms with E-state index in [4.69, 9.17) is 0 Å². The van der Waals surface area contributed by atoms with Gasteiger partial charge < -0.3 is 15.1 Å². The highest BCUT2D eigenvalue weighted by atomic mass is 32.2. The molecule has 0 spiro atoms. The summed E-state index contributed by atoms with van der Waals surface area (Å²) >= 11 is 0. The van der Waals surface area contributed by atoms with Gasteiger partial charge in [-0.2, -0.15) is 4.31 Å². The summed E-state index contributed by atoms with van der Waals surface area (Å²) in [7, 11) is -3.45. The SMILES string of the molecule is O=C(NCCS(=O)(=O)N1CCN(c2ccccn2)CC1)c1cccnc1N1CCCC1. The summed E-state index contributed by atoms with van der Waals surface area (Å²) in [5.41, 5.74) is 0.491. The average molecular weight is 445 g/mol. The second-order valence-corrected chi connectivity index (χ2v) is 9.80. The number of hydrogen-bond donors (Lipinski definition) is 1. The maximum Gasteiger partial charge on any atom is 0.255 e. The molecule has 9 nitrogen and oxygen atoms in total. The van der Waals surface area contributed by atoms with Gasteiger partial charge in [0.15, 0.2) is 0 Å². The number of sulfonamides is 1. The van der Waals surface area contributed by atoms with Crippen molar-refractivity contribution < 1.29 is 13.2 Å². The summed E-state index contributed by atoms with van der Waals surface area (Å²) in [6.07, 6.45) is 5.59. The highest BCUT2D eigenvalue weighted by Crippen LogP contribution is 2.21. The predicted molar refractivity (Wildman–Crippen MR) is 120 cm³/mol. The third-order valence-electron chi connectivity index (χ3n) is 5.69. The normalized spacial score (nSPS) is 17.7. The lowest BCUT2D eigenvalue weighted by Gasteiger charge is -2.34. The molecule has 31 heavy (non-hydrogen) atoms. The Bertz CT molecular complexity index is 987. The minimum atomic E-state index is -3.45. The zero-order chi connectivity index (χ0) is 21.7. The van der Waals surface area contributed by atoms with Crippen LogP contribution in [0.2, 0.25) is 0 Å². The van der Waals surface area contributed by atoms with E-state index in [1.807, 2.05) is 18.2 Å². The molecule has 4 rings (SSSR count). The van der Waals surface area contributed by atoms with Crippen molar-refractivity contribution in [3.05, 3.63) is 48.3 Å². The van der Waals surface area contributed by atoms with Crippen LogP contribution in [0.15, 0.2) is 42.7 Å². The Hall–Kier alpha value is -2.72. The van der Waals surface area contributed by atoms with Crippen LogP contribution in [0.5, 0.6) is 0 Å². The van der Waals surface area contributed by atoms with Gasteiger partial charge in [0.2, 0.25) is 10.0 Å². The van der Waals surface area contributed by atoms with Crippen molar-refractivity contribution in [2.75, 3.05) is 61.4 Å². The fraction of sp³-hybridized carbons (Fsp3) is 0.476. The molecule has 0 unspecified atom stereocenters. The first-order valence-electron chi connectivity index (χ1n) is 10.7. The van der Waals surface area contributed by atoms with Crippen LogP contribution >= 0.6 is 0 Å². The molecule has 4 heterocycles. The van der Waals surface area contributed by atoms with Gasteiger partial charge in [0.25, 0.3) is 5.91 Å². The Labute approximate surface area is 183 Å². The molecule has 10 heteroatoms. The van der Waals surface area contributed by atoms with Gasteiger partial charge in [0.1, 0.15) is 11.6 Å². The Kier molecular flexibility index (Phi) is 6.67. The second kappa shape index (κ2) is 9.61. The molecular weight excluding hydrogens is 416 g/mol. The zero-order valence-electron chi connectivity index (χ0n) is 17.5. The van der Waals surface area contributed by atoms with Crippen molar-refractivity contribution in [1.29, 1.82) is 0 Å². The number of aromatic nitrogens is 2. The second-order valence-electron chi connectivity index (χ2n) is 7.71. The molecule has 2 aromatic heterocycles. The Balaban J connectivity index is 1.29. The van der Waals surface area contributed by atoms with Gasteiger partial charge in [-0.05, 0) is 37.1 Å². The van der Waals surface area contributed by atoms with E-state index in [1.54, 1.807) is 24.5 Å². The van der Waals surface area contributed by atoms with Crippen LogP contribution in [0.4, 0.5) is 11.6 Å². The van der Waals surface area contributed by atoms with Gasteiger partial charge in [0, 0.05) is 58.2 Å². The molecule has 2 aliphatic rings. The maximum atomic E-state index is 12.7. The number of nitrogens with one attached hydrogen (secondary N) is 1. The van der Waals surface area contributed by atoms with Gasteiger partial charge in [0.05, 0.1) is 11.3 Å². The molecule has 0 aliphatic carbocycles. The summed E-state index contributed by atoms with van der Waals surface area (Å²) in [6.45, 7) is 3.85. The van der Waals surface area contributed by atoms with E-state index >= 15 is 0 Å². The molecule has 0 aromatic carbocycles. The molecule has 2 fully saturated rings. The van der Waals surface area contributed by atoms with E-state index < -0.39 is 10.0 Å². The first-order chi connectivity index (χ1) is 15.0. The van der Waals surface area contributed by atoms with Crippen molar-refractivity contribution in [2.45, 2.75) is 12.8 Å². The lowest BCUT2D eigenvalue weighted by Crippen LogP contribution is -2.50. The maximum absolute atomic E-state index is 12.7. The summed E-state index contributed by atoms with van der Waals surface area (Å²) < 4.78 is 27.0. The number of carbonyl (C=O) groups is 1. The molecule has 0 atom stereocenters. The zero-order valence-corrected chi connectivity index (χ0v) is 18.3. The number of amides is 1. The molecule has 0 saturated carbocycles.